The molecule has 126 valence electrons. The van der Waals surface area contributed by atoms with E-state index in [0.29, 0.717) is 13.2 Å². The fourth-order valence-electron chi connectivity index (χ4n) is 2.70. The van der Waals surface area contributed by atoms with Crippen LogP contribution in [-0.2, 0) is 16.1 Å². The molecular formula is C17H24ClN3O2. The van der Waals surface area contributed by atoms with Crippen LogP contribution in [0.2, 0.25) is 5.02 Å². The molecule has 1 heterocycles. The maximum atomic E-state index is 11.8. The van der Waals surface area contributed by atoms with Gasteiger partial charge in [0.05, 0.1) is 12.5 Å². The molecule has 0 unspecified atom stereocenters. The molecule has 1 aliphatic rings. The molecule has 2 rings (SSSR count). The summed E-state index contributed by atoms with van der Waals surface area (Å²) in [6.45, 7) is 4.61. The second-order valence-corrected chi connectivity index (χ2v) is 5.98. The van der Waals surface area contributed by atoms with Gasteiger partial charge in [-0.15, -0.1) is 0 Å². The molecule has 0 amide bonds. The molecule has 6 heteroatoms. The van der Waals surface area contributed by atoms with Gasteiger partial charge in [0.25, 0.3) is 0 Å². The van der Waals surface area contributed by atoms with E-state index >= 15 is 0 Å². The average molecular weight is 338 g/mol. The maximum Gasteiger partial charge on any atom is 0.309 e. The number of benzene rings is 1. The molecule has 0 aliphatic carbocycles. The zero-order valence-electron chi connectivity index (χ0n) is 13.7. The lowest BCUT2D eigenvalue weighted by atomic mass is 9.97. The van der Waals surface area contributed by atoms with Crippen molar-refractivity contribution in [2.45, 2.75) is 26.3 Å². The van der Waals surface area contributed by atoms with Gasteiger partial charge in [0, 0.05) is 31.7 Å². The summed E-state index contributed by atoms with van der Waals surface area (Å²) < 4.78 is 5.10. The number of piperidine rings is 1. The van der Waals surface area contributed by atoms with Crippen LogP contribution < -0.4 is 5.32 Å². The van der Waals surface area contributed by atoms with Crippen LogP contribution in [-0.4, -0.2) is 43.6 Å². The molecule has 5 nitrogen and oxygen atoms in total. The number of ether oxygens (including phenoxy) is 1. The first kappa shape index (κ1) is 17.6. The van der Waals surface area contributed by atoms with Crippen molar-refractivity contribution >= 4 is 23.5 Å². The summed E-state index contributed by atoms with van der Waals surface area (Å²) in [5, 5.41) is 4.10. The van der Waals surface area contributed by atoms with E-state index in [1.165, 1.54) is 0 Å². The van der Waals surface area contributed by atoms with Gasteiger partial charge in [-0.2, -0.15) is 0 Å². The van der Waals surface area contributed by atoms with Crippen molar-refractivity contribution in [1.29, 1.82) is 0 Å². The van der Waals surface area contributed by atoms with Crippen LogP contribution in [0.1, 0.15) is 25.3 Å². The molecule has 1 aliphatic heterocycles. The van der Waals surface area contributed by atoms with Crippen molar-refractivity contribution in [2.75, 3.05) is 26.7 Å². The zero-order chi connectivity index (χ0) is 16.7. The Morgan fingerprint density at radius 3 is 2.57 bits per heavy atom. The fraction of sp³-hybridized carbons (Fsp3) is 0.529. The highest BCUT2D eigenvalue weighted by molar-refractivity contribution is 6.30. The Kier molecular flexibility index (Phi) is 6.71. The molecular weight excluding hydrogens is 314 g/mol. The number of hydrogen-bond acceptors (Lipinski definition) is 3. The predicted octanol–water partition coefficient (Wildman–Crippen LogP) is 2.69. The van der Waals surface area contributed by atoms with Crippen LogP contribution in [0, 0.1) is 5.92 Å². The van der Waals surface area contributed by atoms with Gasteiger partial charge in [0.2, 0.25) is 0 Å². The molecule has 0 bridgehead atoms. The summed E-state index contributed by atoms with van der Waals surface area (Å²) in [6, 6.07) is 7.75. The molecule has 1 saturated heterocycles. The number of nitrogens with one attached hydrogen (secondary N) is 1. The van der Waals surface area contributed by atoms with Crippen molar-refractivity contribution in [2.24, 2.45) is 10.9 Å². The molecule has 0 atom stereocenters. The molecule has 1 fully saturated rings. The summed E-state index contributed by atoms with van der Waals surface area (Å²) in [4.78, 5) is 18.3. The Labute approximate surface area is 142 Å². The van der Waals surface area contributed by atoms with Gasteiger partial charge in [0.1, 0.15) is 0 Å². The van der Waals surface area contributed by atoms with Crippen LogP contribution in [0.3, 0.4) is 0 Å². The highest BCUT2D eigenvalue weighted by Crippen LogP contribution is 2.19. The van der Waals surface area contributed by atoms with Gasteiger partial charge < -0.3 is 15.0 Å². The SMILES string of the molecule is CCOC(=O)C1CCN(C(=NC)NCc2ccc(Cl)cc2)CC1. The van der Waals surface area contributed by atoms with Gasteiger partial charge in [-0.05, 0) is 37.5 Å². The normalized spacial score (nSPS) is 16.3. The van der Waals surface area contributed by atoms with Crippen molar-refractivity contribution in [3.05, 3.63) is 34.9 Å². The Morgan fingerprint density at radius 2 is 2.00 bits per heavy atom. The van der Waals surface area contributed by atoms with Gasteiger partial charge in [0.15, 0.2) is 5.96 Å². The first-order chi connectivity index (χ1) is 11.1. The Hall–Kier alpha value is -1.75. The van der Waals surface area contributed by atoms with Crippen molar-refractivity contribution < 1.29 is 9.53 Å². The molecule has 0 spiro atoms. The minimum atomic E-state index is -0.0729. The third-order valence-corrected chi connectivity index (χ3v) is 4.24. The number of guanidine groups is 1. The minimum Gasteiger partial charge on any atom is -0.466 e. The predicted molar refractivity (Wildman–Crippen MR) is 92.6 cm³/mol. The maximum absolute atomic E-state index is 11.8. The summed E-state index contributed by atoms with van der Waals surface area (Å²) in [5.74, 6) is 0.805. The Balaban J connectivity index is 1.83. The number of halogens is 1. The zero-order valence-corrected chi connectivity index (χ0v) is 14.5. The van der Waals surface area contributed by atoms with E-state index in [1.54, 1.807) is 7.05 Å². The average Bonchev–Trinajstić information content (AvgIpc) is 2.58. The number of carbonyl (C=O) groups is 1. The largest absolute Gasteiger partial charge is 0.466 e. The Morgan fingerprint density at radius 1 is 1.35 bits per heavy atom. The molecule has 0 saturated carbocycles. The van der Waals surface area contributed by atoms with Gasteiger partial charge in [-0.1, -0.05) is 23.7 Å². The van der Waals surface area contributed by atoms with E-state index in [1.807, 2.05) is 31.2 Å². The standard InChI is InChI=1S/C17H24ClN3O2/c1-3-23-16(22)14-8-10-21(11-9-14)17(19-2)20-12-13-4-6-15(18)7-5-13/h4-7,14H,3,8-12H2,1-2H3,(H,19,20). The smallest absolute Gasteiger partial charge is 0.309 e. The lowest BCUT2D eigenvalue weighted by Crippen LogP contribution is -2.46. The first-order valence-corrected chi connectivity index (χ1v) is 8.38. The van der Waals surface area contributed by atoms with Gasteiger partial charge in [-0.25, -0.2) is 0 Å². The topological polar surface area (TPSA) is 53.9 Å². The van der Waals surface area contributed by atoms with E-state index in [2.05, 4.69) is 15.2 Å². The molecule has 23 heavy (non-hydrogen) atoms. The molecule has 0 radical (unpaired) electrons. The number of aliphatic imine (C=N–C) groups is 1. The third-order valence-electron chi connectivity index (χ3n) is 3.99. The van der Waals surface area contributed by atoms with E-state index in [-0.39, 0.29) is 11.9 Å². The fourth-order valence-corrected chi connectivity index (χ4v) is 2.83. The first-order valence-electron chi connectivity index (χ1n) is 8.00. The van der Waals surface area contributed by atoms with Crippen molar-refractivity contribution in [3.63, 3.8) is 0 Å². The molecule has 1 aromatic rings. The third kappa shape index (κ3) is 5.13. The summed E-state index contributed by atoms with van der Waals surface area (Å²) in [7, 11) is 1.78. The summed E-state index contributed by atoms with van der Waals surface area (Å²) in [5.41, 5.74) is 1.15. The highest BCUT2D eigenvalue weighted by atomic mass is 35.5. The van der Waals surface area contributed by atoms with Gasteiger partial charge >= 0.3 is 5.97 Å². The van der Waals surface area contributed by atoms with E-state index < -0.39 is 0 Å². The van der Waals surface area contributed by atoms with Crippen LogP contribution in [0.4, 0.5) is 0 Å². The number of carbonyl (C=O) groups excluding carboxylic acids is 1. The van der Waals surface area contributed by atoms with Crippen LogP contribution >= 0.6 is 11.6 Å². The lowest BCUT2D eigenvalue weighted by molar-refractivity contribution is -0.149. The lowest BCUT2D eigenvalue weighted by Gasteiger charge is -2.33. The monoisotopic (exact) mass is 337 g/mol. The second kappa shape index (κ2) is 8.77. The highest BCUT2D eigenvalue weighted by Gasteiger charge is 2.27. The summed E-state index contributed by atoms with van der Waals surface area (Å²) in [6.07, 6.45) is 1.61. The van der Waals surface area contributed by atoms with E-state index in [9.17, 15) is 4.79 Å². The number of likely N-dealkylation sites (tertiary alicyclic amines) is 1. The van der Waals surface area contributed by atoms with Crippen LogP contribution in [0.25, 0.3) is 0 Å². The molecule has 1 aromatic carbocycles. The van der Waals surface area contributed by atoms with Crippen molar-refractivity contribution in [1.82, 2.24) is 10.2 Å². The van der Waals surface area contributed by atoms with E-state index in [0.717, 1.165) is 42.5 Å². The quantitative estimate of drug-likeness (QED) is 0.521. The number of nitrogens with zero attached hydrogens (tertiary/aromatic N) is 2. The summed E-state index contributed by atoms with van der Waals surface area (Å²) >= 11 is 5.89. The Bertz CT molecular complexity index is 537. The van der Waals surface area contributed by atoms with Crippen LogP contribution in [0.15, 0.2) is 29.3 Å². The number of rotatable bonds is 4. The second-order valence-electron chi connectivity index (χ2n) is 5.54. The number of esters is 1. The van der Waals surface area contributed by atoms with Crippen molar-refractivity contribution in [3.8, 4) is 0 Å². The van der Waals surface area contributed by atoms with E-state index in [4.69, 9.17) is 16.3 Å². The minimum absolute atomic E-state index is 0.0144. The molecule has 1 N–H and O–H groups in total. The van der Waals surface area contributed by atoms with Crippen LogP contribution in [0.5, 0.6) is 0 Å². The number of hydrogen-bond donors (Lipinski definition) is 1. The van der Waals surface area contributed by atoms with Gasteiger partial charge in [-0.3, -0.25) is 9.79 Å². The molecule has 0 aromatic heterocycles.